The van der Waals surface area contributed by atoms with Gasteiger partial charge in [0, 0.05) is 44.2 Å². The Morgan fingerprint density at radius 2 is 1.94 bits per heavy atom. The zero-order valence-electron chi connectivity index (χ0n) is 18.7. The molecule has 10 nitrogen and oxygen atoms in total. The first-order valence-corrected chi connectivity index (χ1v) is 11.1. The summed E-state index contributed by atoms with van der Waals surface area (Å²) < 4.78 is 12.0. The van der Waals surface area contributed by atoms with Gasteiger partial charge in [0.15, 0.2) is 11.6 Å². The van der Waals surface area contributed by atoms with Crippen molar-refractivity contribution in [1.82, 2.24) is 39.1 Å². The van der Waals surface area contributed by atoms with Crippen LogP contribution >= 0.6 is 0 Å². The summed E-state index contributed by atoms with van der Waals surface area (Å²) in [6, 6.07) is 15.7. The van der Waals surface area contributed by atoms with Crippen LogP contribution in [0.5, 0.6) is 5.75 Å². The molecule has 1 aliphatic rings. The highest BCUT2D eigenvalue weighted by Crippen LogP contribution is 2.30. The average molecular weight is 454 g/mol. The first-order valence-electron chi connectivity index (χ1n) is 11.1. The molecule has 6 rings (SSSR count). The van der Waals surface area contributed by atoms with Crippen LogP contribution in [0.15, 0.2) is 67.1 Å². The molecule has 170 valence electrons. The molecule has 1 N–H and O–H groups in total. The van der Waals surface area contributed by atoms with E-state index in [1.165, 1.54) is 0 Å². The highest BCUT2D eigenvalue weighted by molar-refractivity contribution is 5.68. The molecule has 34 heavy (non-hydrogen) atoms. The summed E-state index contributed by atoms with van der Waals surface area (Å²) in [5.74, 6) is 3.82. The van der Waals surface area contributed by atoms with E-state index >= 15 is 0 Å². The number of nitrogens with one attached hydrogen (secondary N) is 1. The Labute approximate surface area is 195 Å². The van der Waals surface area contributed by atoms with Crippen LogP contribution in [0.3, 0.4) is 0 Å². The average Bonchev–Trinajstić information content (AvgIpc) is 3.55. The molecule has 0 aliphatic carbocycles. The number of hydrogen-bond acceptors (Lipinski definition) is 7. The maximum Gasteiger partial charge on any atom is 0.228 e. The Bertz CT molecular complexity index is 1430. The molecular formula is C24H23N9O. The Morgan fingerprint density at radius 3 is 2.79 bits per heavy atom. The van der Waals surface area contributed by atoms with Crippen LogP contribution in [0.2, 0.25) is 0 Å². The van der Waals surface area contributed by atoms with Gasteiger partial charge in [-0.3, -0.25) is 4.68 Å². The van der Waals surface area contributed by atoms with Crippen LogP contribution in [0.1, 0.15) is 12.2 Å². The topological polar surface area (TPSA) is 100 Å². The molecule has 4 aromatic heterocycles. The minimum atomic E-state index is 0.375. The fourth-order valence-electron chi connectivity index (χ4n) is 4.14. The molecule has 5 heterocycles. The second kappa shape index (κ2) is 8.47. The molecule has 10 heteroatoms. The molecule has 5 aromatic rings. The summed E-state index contributed by atoms with van der Waals surface area (Å²) in [6.45, 7) is 2.11. The highest BCUT2D eigenvalue weighted by atomic mass is 16.5. The van der Waals surface area contributed by atoms with E-state index in [4.69, 9.17) is 9.72 Å². The lowest BCUT2D eigenvalue weighted by Gasteiger charge is -2.08. The van der Waals surface area contributed by atoms with Crippen molar-refractivity contribution < 1.29 is 4.74 Å². The largest absolute Gasteiger partial charge is 0.486 e. The number of rotatable bonds is 6. The smallest absolute Gasteiger partial charge is 0.228 e. The molecule has 0 atom stereocenters. The monoisotopic (exact) mass is 453 g/mol. The van der Waals surface area contributed by atoms with Crippen LogP contribution in [-0.4, -0.2) is 39.1 Å². The van der Waals surface area contributed by atoms with Crippen LogP contribution in [-0.2, 0) is 26.7 Å². The summed E-state index contributed by atoms with van der Waals surface area (Å²) in [5.41, 5.74) is 2.86. The lowest BCUT2D eigenvalue weighted by Crippen LogP contribution is -2.08. The second-order valence-electron chi connectivity index (χ2n) is 8.08. The lowest BCUT2D eigenvalue weighted by molar-refractivity contribution is 0.288. The number of nitrogens with zero attached hydrogens (tertiary/aromatic N) is 8. The van der Waals surface area contributed by atoms with Gasteiger partial charge in [0.25, 0.3) is 0 Å². The predicted octanol–water partition coefficient (Wildman–Crippen LogP) is 3.66. The van der Waals surface area contributed by atoms with Gasteiger partial charge in [-0.15, -0.1) is 10.2 Å². The quantitative estimate of drug-likeness (QED) is 0.419. The lowest BCUT2D eigenvalue weighted by atomic mass is 10.2. The molecule has 0 saturated carbocycles. The van der Waals surface area contributed by atoms with E-state index in [0.717, 1.165) is 59.7 Å². The number of fused-ring (bicyclic) bond motifs is 3. The summed E-state index contributed by atoms with van der Waals surface area (Å²) >= 11 is 0. The van der Waals surface area contributed by atoms with Gasteiger partial charge in [0.2, 0.25) is 5.95 Å². The minimum absolute atomic E-state index is 0.375. The van der Waals surface area contributed by atoms with E-state index in [9.17, 15) is 0 Å². The third-order valence-corrected chi connectivity index (χ3v) is 5.86. The number of para-hydroxylation sites is 1. The zero-order valence-corrected chi connectivity index (χ0v) is 18.7. The molecular weight excluding hydrogens is 430 g/mol. The van der Waals surface area contributed by atoms with Crippen molar-refractivity contribution in [3.8, 4) is 28.5 Å². The Hall–Kier alpha value is -4.47. The standard InChI is InChI=1S/C24H23N9O/c1-31-21(9-11-26-31)28-24-25-10-8-19(27-24)17-14-20-23-30-29-22(16-34-18-6-3-2-4-7-18)33(23)13-5-12-32(20)15-17/h2-4,6-11,14-15H,5,12-13,16H2,1H3,(H,25,27,28). The normalized spacial score (nSPS) is 12.6. The van der Waals surface area contributed by atoms with E-state index < -0.39 is 0 Å². The van der Waals surface area contributed by atoms with Crippen LogP contribution in [0, 0.1) is 0 Å². The van der Waals surface area contributed by atoms with Gasteiger partial charge in [-0.2, -0.15) is 5.10 Å². The zero-order chi connectivity index (χ0) is 22.9. The van der Waals surface area contributed by atoms with Gasteiger partial charge in [-0.25, -0.2) is 9.97 Å². The maximum absolute atomic E-state index is 5.92. The van der Waals surface area contributed by atoms with E-state index in [-0.39, 0.29) is 0 Å². The van der Waals surface area contributed by atoms with Crippen molar-refractivity contribution in [2.75, 3.05) is 5.32 Å². The van der Waals surface area contributed by atoms with Crippen molar-refractivity contribution in [2.45, 2.75) is 26.1 Å². The number of aryl methyl sites for hydroxylation is 2. The van der Waals surface area contributed by atoms with Gasteiger partial charge in [-0.05, 0) is 30.7 Å². The molecule has 0 radical (unpaired) electrons. The summed E-state index contributed by atoms with van der Waals surface area (Å²) in [5, 5.41) is 16.3. The van der Waals surface area contributed by atoms with Crippen molar-refractivity contribution in [2.24, 2.45) is 7.05 Å². The van der Waals surface area contributed by atoms with Crippen molar-refractivity contribution in [3.63, 3.8) is 0 Å². The van der Waals surface area contributed by atoms with Gasteiger partial charge in [-0.1, -0.05) is 18.2 Å². The Morgan fingerprint density at radius 1 is 1.03 bits per heavy atom. The van der Waals surface area contributed by atoms with Crippen LogP contribution in [0.25, 0.3) is 22.8 Å². The number of benzene rings is 1. The van der Waals surface area contributed by atoms with Gasteiger partial charge in [0.1, 0.15) is 18.2 Å². The minimum Gasteiger partial charge on any atom is -0.486 e. The van der Waals surface area contributed by atoms with E-state index in [1.807, 2.05) is 49.5 Å². The number of ether oxygens (including phenoxy) is 1. The Balaban J connectivity index is 1.28. The van der Waals surface area contributed by atoms with E-state index in [1.54, 1.807) is 17.1 Å². The second-order valence-corrected chi connectivity index (χ2v) is 8.08. The van der Waals surface area contributed by atoms with Crippen molar-refractivity contribution in [1.29, 1.82) is 0 Å². The molecule has 1 aromatic carbocycles. The summed E-state index contributed by atoms with van der Waals surface area (Å²) in [4.78, 5) is 9.06. The number of hydrogen-bond donors (Lipinski definition) is 1. The van der Waals surface area contributed by atoms with Crippen LogP contribution < -0.4 is 10.1 Å². The molecule has 0 amide bonds. The van der Waals surface area contributed by atoms with Gasteiger partial charge in [0.05, 0.1) is 17.6 Å². The fourth-order valence-corrected chi connectivity index (χ4v) is 4.14. The number of aromatic nitrogens is 8. The third kappa shape index (κ3) is 3.79. The predicted molar refractivity (Wildman–Crippen MR) is 126 cm³/mol. The fraction of sp³-hybridized carbons (Fsp3) is 0.208. The van der Waals surface area contributed by atoms with Crippen molar-refractivity contribution >= 4 is 11.8 Å². The maximum atomic E-state index is 5.92. The molecule has 0 spiro atoms. The van der Waals surface area contributed by atoms with Gasteiger partial charge >= 0.3 is 0 Å². The molecule has 0 fully saturated rings. The third-order valence-electron chi connectivity index (χ3n) is 5.86. The molecule has 0 saturated heterocycles. The Kier molecular flexibility index (Phi) is 5.02. The van der Waals surface area contributed by atoms with E-state index in [2.05, 4.69) is 47.0 Å². The first kappa shape index (κ1) is 20.2. The van der Waals surface area contributed by atoms with Gasteiger partial charge < -0.3 is 19.2 Å². The summed E-state index contributed by atoms with van der Waals surface area (Å²) in [7, 11) is 1.87. The SMILES string of the molecule is Cn1nccc1Nc1nccc(-c2cc3n(c2)CCCn2c(COc4ccccc4)nnc2-3)n1. The van der Waals surface area contributed by atoms with Crippen LogP contribution in [0.4, 0.5) is 11.8 Å². The molecule has 0 unspecified atom stereocenters. The van der Waals surface area contributed by atoms with E-state index in [0.29, 0.717) is 12.6 Å². The first-order chi connectivity index (χ1) is 16.7. The van der Waals surface area contributed by atoms with Crippen molar-refractivity contribution in [3.05, 3.63) is 72.9 Å². The molecule has 1 aliphatic heterocycles. The highest BCUT2D eigenvalue weighted by Gasteiger charge is 2.22. The summed E-state index contributed by atoms with van der Waals surface area (Å²) in [6.07, 6.45) is 6.58. The molecule has 0 bridgehead atoms. The number of anilines is 2.